The van der Waals surface area contributed by atoms with Gasteiger partial charge in [-0.15, -0.1) is 12.4 Å². The fourth-order valence-electron chi connectivity index (χ4n) is 3.08. The number of benzene rings is 2. The third-order valence-corrected chi connectivity index (χ3v) is 4.57. The van der Waals surface area contributed by atoms with Gasteiger partial charge in [-0.2, -0.15) is 0 Å². The van der Waals surface area contributed by atoms with Gasteiger partial charge in [-0.3, -0.25) is 4.79 Å². The largest absolute Gasteiger partial charge is 0.341 e. The fourth-order valence-corrected chi connectivity index (χ4v) is 3.08. The zero-order valence-electron chi connectivity index (χ0n) is 13.1. The van der Waals surface area contributed by atoms with Crippen LogP contribution in [0.3, 0.4) is 0 Å². The third kappa shape index (κ3) is 3.26. The van der Waals surface area contributed by atoms with Crippen LogP contribution in [0.5, 0.6) is 0 Å². The van der Waals surface area contributed by atoms with Crippen LogP contribution in [0.15, 0.2) is 42.5 Å². The lowest BCUT2D eigenvalue weighted by Crippen LogP contribution is -2.40. The second kappa shape index (κ2) is 7.12. The van der Waals surface area contributed by atoms with Crippen LogP contribution in [0.2, 0.25) is 0 Å². The molecule has 2 unspecified atom stereocenters. The molecule has 0 spiro atoms. The number of fused-ring (bicyclic) bond motifs is 1. The first-order valence-corrected chi connectivity index (χ1v) is 7.63. The van der Waals surface area contributed by atoms with Gasteiger partial charge in [0, 0.05) is 19.6 Å². The molecule has 3 nitrogen and oxygen atoms in total. The number of carbonyl (C=O) groups excluding carboxylic acids is 1. The summed E-state index contributed by atoms with van der Waals surface area (Å²) in [6, 6.07) is 14.9. The Morgan fingerprint density at radius 1 is 1.23 bits per heavy atom. The average Bonchev–Trinajstić information content (AvgIpc) is 3.06. The van der Waals surface area contributed by atoms with Gasteiger partial charge in [-0.25, -0.2) is 0 Å². The van der Waals surface area contributed by atoms with Crippen molar-refractivity contribution in [2.24, 2.45) is 0 Å². The lowest BCUT2D eigenvalue weighted by molar-refractivity contribution is -0.132. The summed E-state index contributed by atoms with van der Waals surface area (Å²) in [7, 11) is 1.93. The molecule has 0 saturated carbocycles. The molecule has 1 aliphatic rings. The van der Waals surface area contributed by atoms with Crippen molar-refractivity contribution >= 4 is 29.1 Å². The van der Waals surface area contributed by atoms with Crippen LogP contribution in [0.1, 0.15) is 24.8 Å². The Morgan fingerprint density at radius 3 is 2.64 bits per heavy atom. The fraction of sp³-hybridized carbons (Fsp3) is 0.389. The Morgan fingerprint density at radius 2 is 1.95 bits per heavy atom. The van der Waals surface area contributed by atoms with Gasteiger partial charge in [0.05, 0.1) is 5.92 Å². The smallest absolute Gasteiger partial charge is 0.229 e. The number of likely N-dealkylation sites (N-methyl/N-ethyl adjacent to an activating group) is 1. The number of rotatable bonds is 3. The van der Waals surface area contributed by atoms with Crippen LogP contribution in [0.4, 0.5) is 0 Å². The predicted molar refractivity (Wildman–Crippen MR) is 93.7 cm³/mol. The van der Waals surface area contributed by atoms with E-state index in [-0.39, 0.29) is 24.2 Å². The normalized spacial score (nSPS) is 18.7. The summed E-state index contributed by atoms with van der Waals surface area (Å²) in [6.07, 6.45) is 1.05. The molecule has 0 radical (unpaired) electrons. The van der Waals surface area contributed by atoms with E-state index in [1.54, 1.807) is 0 Å². The molecular weight excluding hydrogens is 296 g/mol. The molecule has 1 N–H and O–H groups in total. The van der Waals surface area contributed by atoms with Gasteiger partial charge in [0.2, 0.25) is 5.91 Å². The Kier molecular flexibility index (Phi) is 5.43. The lowest BCUT2D eigenvalue weighted by Gasteiger charge is -2.27. The zero-order valence-corrected chi connectivity index (χ0v) is 13.9. The molecule has 1 heterocycles. The molecule has 118 valence electrons. The molecule has 0 aliphatic carbocycles. The molecule has 22 heavy (non-hydrogen) atoms. The molecule has 2 aromatic rings. The zero-order chi connectivity index (χ0) is 14.8. The maximum absolute atomic E-state index is 12.7. The minimum Gasteiger partial charge on any atom is -0.341 e. The molecule has 1 saturated heterocycles. The molecule has 1 fully saturated rings. The topological polar surface area (TPSA) is 32.3 Å². The van der Waals surface area contributed by atoms with Crippen molar-refractivity contribution in [3.8, 4) is 0 Å². The first kappa shape index (κ1) is 16.8. The highest BCUT2D eigenvalue weighted by atomic mass is 35.5. The quantitative estimate of drug-likeness (QED) is 0.942. The van der Waals surface area contributed by atoms with Crippen molar-refractivity contribution in [2.75, 3.05) is 20.1 Å². The number of nitrogens with one attached hydrogen (secondary N) is 1. The predicted octanol–water partition coefficient (Wildman–Crippen LogP) is 3.19. The second-order valence-corrected chi connectivity index (χ2v) is 5.92. The average molecular weight is 319 g/mol. The van der Waals surface area contributed by atoms with Gasteiger partial charge in [0.25, 0.3) is 0 Å². The van der Waals surface area contributed by atoms with E-state index in [1.165, 1.54) is 10.8 Å². The number of amides is 1. The summed E-state index contributed by atoms with van der Waals surface area (Å²) < 4.78 is 0. The molecule has 0 bridgehead atoms. The Labute approximate surface area is 138 Å². The Hall–Kier alpha value is -1.58. The standard InChI is InChI=1S/C18H22N2O.ClH/c1-13(18(21)20(2)17-9-10-19-12-17)15-8-7-14-5-3-4-6-16(14)11-15;/h3-8,11,13,17,19H,9-10,12H2,1-2H3;1H. The molecule has 0 aromatic heterocycles. The van der Waals surface area contributed by atoms with E-state index >= 15 is 0 Å². The van der Waals surface area contributed by atoms with Gasteiger partial charge >= 0.3 is 0 Å². The molecule has 2 atom stereocenters. The van der Waals surface area contributed by atoms with E-state index < -0.39 is 0 Å². The minimum absolute atomic E-state index is 0. The van der Waals surface area contributed by atoms with Gasteiger partial charge < -0.3 is 10.2 Å². The van der Waals surface area contributed by atoms with Gasteiger partial charge in [0.1, 0.15) is 0 Å². The van der Waals surface area contributed by atoms with Crippen molar-refractivity contribution in [2.45, 2.75) is 25.3 Å². The minimum atomic E-state index is -0.0970. The van der Waals surface area contributed by atoms with Crippen LogP contribution < -0.4 is 5.32 Å². The van der Waals surface area contributed by atoms with E-state index in [4.69, 9.17) is 0 Å². The highest BCUT2D eigenvalue weighted by Crippen LogP contribution is 2.24. The van der Waals surface area contributed by atoms with Crippen molar-refractivity contribution in [1.29, 1.82) is 0 Å². The van der Waals surface area contributed by atoms with E-state index in [0.717, 1.165) is 25.1 Å². The highest BCUT2D eigenvalue weighted by molar-refractivity contribution is 5.87. The highest BCUT2D eigenvalue weighted by Gasteiger charge is 2.27. The monoisotopic (exact) mass is 318 g/mol. The van der Waals surface area contributed by atoms with Crippen LogP contribution in [-0.4, -0.2) is 37.0 Å². The first-order chi connectivity index (χ1) is 10.2. The number of halogens is 1. The van der Waals surface area contributed by atoms with Crippen LogP contribution in [0.25, 0.3) is 10.8 Å². The van der Waals surface area contributed by atoms with Crippen LogP contribution >= 0.6 is 12.4 Å². The van der Waals surface area contributed by atoms with E-state index in [2.05, 4.69) is 35.6 Å². The van der Waals surface area contributed by atoms with Crippen LogP contribution in [-0.2, 0) is 4.79 Å². The van der Waals surface area contributed by atoms with E-state index in [9.17, 15) is 4.79 Å². The summed E-state index contributed by atoms with van der Waals surface area (Å²) in [6.45, 7) is 3.92. The summed E-state index contributed by atoms with van der Waals surface area (Å²) >= 11 is 0. The van der Waals surface area contributed by atoms with Crippen molar-refractivity contribution < 1.29 is 4.79 Å². The molecule has 3 rings (SSSR count). The Bertz CT molecular complexity index is 652. The lowest BCUT2D eigenvalue weighted by atomic mass is 9.96. The maximum Gasteiger partial charge on any atom is 0.229 e. The number of carbonyl (C=O) groups is 1. The number of nitrogens with zero attached hydrogens (tertiary/aromatic N) is 1. The van der Waals surface area contributed by atoms with Gasteiger partial charge in [0.15, 0.2) is 0 Å². The maximum atomic E-state index is 12.7. The molecule has 1 aliphatic heterocycles. The first-order valence-electron chi connectivity index (χ1n) is 7.63. The summed E-state index contributed by atoms with van der Waals surface area (Å²) in [5, 5.41) is 5.73. The Balaban J connectivity index is 0.00000176. The van der Waals surface area contributed by atoms with E-state index in [1.807, 2.05) is 31.0 Å². The molecule has 2 aromatic carbocycles. The molecular formula is C18H23ClN2O. The summed E-state index contributed by atoms with van der Waals surface area (Å²) in [4.78, 5) is 14.6. The van der Waals surface area contributed by atoms with E-state index in [0.29, 0.717) is 6.04 Å². The second-order valence-electron chi connectivity index (χ2n) is 5.92. The van der Waals surface area contributed by atoms with Gasteiger partial charge in [-0.05, 0) is 36.2 Å². The van der Waals surface area contributed by atoms with Crippen LogP contribution in [0, 0.1) is 0 Å². The third-order valence-electron chi connectivity index (χ3n) is 4.57. The SMILES string of the molecule is CC(C(=O)N(C)C1CCNC1)c1ccc2ccccc2c1.Cl. The van der Waals surface area contributed by atoms with Gasteiger partial charge in [-0.1, -0.05) is 42.5 Å². The number of hydrogen-bond acceptors (Lipinski definition) is 2. The van der Waals surface area contributed by atoms with Crippen molar-refractivity contribution in [1.82, 2.24) is 10.2 Å². The number of hydrogen-bond donors (Lipinski definition) is 1. The summed E-state index contributed by atoms with van der Waals surface area (Å²) in [5.74, 6) is 0.110. The van der Waals surface area contributed by atoms with Crippen molar-refractivity contribution in [3.63, 3.8) is 0 Å². The summed E-state index contributed by atoms with van der Waals surface area (Å²) in [5.41, 5.74) is 1.09. The van der Waals surface area contributed by atoms with Crippen molar-refractivity contribution in [3.05, 3.63) is 48.0 Å². The molecule has 1 amide bonds. The molecule has 4 heteroatoms.